The molecule has 1 aromatic heterocycles. The van der Waals surface area contributed by atoms with Crippen LogP contribution in [0.25, 0.3) is 0 Å². The minimum Gasteiger partial charge on any atom is -0.489 e. The van der Waals surface area contributed by atoms with E-state index in [2.05, 4.69) is 42.5 Å². The molecule has 2 N–H and O–H groups in total. The monoisotopic (exact) mass is 422 g/mol. The minimum atomic E-state index is -0.118. The molecule has 6 nitrogen and oxygen atoms in total. The van der Waals surface area contributed by atoms with E-state index in [1.54, 1.807) is 12.1 Å². The van der Waals surface area contributed by atoms with E-state index in [-0.39, 0.29) is 5.91 Å². The summed E-state index contributed by atoms with van der Waals surface area (Å²) in [4.78, 5) is 14.3. The van der Waals surface area contributed by atoms with Crippen LogP contribution in [-0.2, 0) is 19.7 Å². The SMILES string of the molecule is CC[NH+](CC)Cc1ccccc1CNC(=O)c1cccc(OCc2c(C)noc2C)c1. The molecule has 31 heavy (non-hydrogen) atoms. The van der Waals surface area contributed by atoms with Crippen LogP contribution in [0.2, 0.25) is 0 Å². The zero-order chi connectivity index (χ0) is 22.2. The van der Waals surface area contributed by atoms with E-state index in [0.717, 1.165) is 42.2 Å². The van der Waals surface area contributed by atoms with E-state index >= 15 is 0 Å². The summed E-state index contributed by atoms with van der Waals surface area (Å²) in [7, 11) is 0. The highest BCUT2D eigenvalue weighted by Gasteiger charge is 2.13. The molecule has 0 aliphatic heterocycles. The lowest BCUT2D eigenvalue weighted by atomic mass is 10.1. The van der Waals surface area contributed by atoms with Gasteiger partial charge in [0, 0.05) is 17.7 Å². The molecule has 2 aromatic carbocycles. The van der Waals surface area contributed by atoms with Gasteiger partial charge >= 0.3 is 0 Å². The van der Waals surface area contributed by atoms with E-state index in [1.807, 2.05) is 32.0 Å². The Bertz CT molecular complexity index is 989. The van der Waals surface area contributed by atoms with E-state index in [4.69, 9.17) is 9.26 Å². The third kappa shape index (κ3) is 5.95. The van der Waals surface area contributed by atoms with Crippen LogP contribution >= 0.6 is 0 Å². The zero-order valence-corrected chi connectivity index (χ0v) is 18.8. The Labute approximate surface area is 184 Å². The van der Waals surface area contributed by atoms with Crippen molar-refractivity contribution in [2.45, 2.75) is 47.4 Å². The molecule has 0 bridgehead atoms. The number of carbonyl (C=O) groups excluding carboxylic acids is 1. The first kappa shape index (κ1) is 22.6. The molecule has 3 rings (SSSR count). The first-order valence-electron chi connectivity index (χ1n) is 10.8. The molecule has 0 aliphatic carbocycles. The van der Waals surface area contributed by atoms with Gasteiger partial charge in [0.2, 0.25) is 0 Å². The molecule has 0 aliphatic rings. The number of rotatable bonds is 10. The van der Waals surface area contributed by atoms with Crippen LogP contribution in [0.1, 0.15) is 52.3 Å². The second-order valence-corrected chi connectivity index (χ2v) is 7.70. The minimum absolute atomic E-state index is 0.118. The number of aromatic nitrogens is 1. The number of aryl methyl sites for hydroxylation is 2. The van der Waals surface area contributed by atoms with Gasteiger partial charge in [-0.1, -0.05) is 35.5 Å². The Kier molecular flexibility index (Phi) is 7.84. The van der Waals surface area contributed by atoms with Crippen LogP contribution in [0.3, 0.4) is 0 Å². The summed E-state index contributed by atoms with van der Waals surface area (Å²) in [5.74, 6) is 1.27. The summed E-state index contributed by atoms with van der Waals surface area (Å²) < 4.78 is 11.0. The lowest BCUT2D eigenvalue weighted by Gasteiger charge is -2.18. The molecule has 1 amide bonds. The van der Waals surface area contributed by atoms with Crippen molar-refractivity contribution in [1.29, 1.82) is 0 Å². The van der Waals surface area contributed by atoms with Crippen LogP contribution in [0.15, 0.2) is 53.1 Å². The number of carbonyl (C=O) groups is 1. The van der Waals surface area contributed by atoms with E-state index in [9.17, 15) is 4.79 Å². The van der Waals surface area contributed by atoms with Crippen molar-refractivity contribution in [3.8, 4) is 5.75 Å². The van der Waals surface area contributed by atoms with Crippen LogP contribution < -0.4 is 15.0 Å². The van der Waals surface area contributed by atoms with Crippen LogP contribution in [0, 0.1) is 13.8 Å². The fourth-order valence-electron chi connectivity index (χ4n) is 3.54. The van der Waals surface area contributed by atoms with Gasteiger partial charge in [0.1, 0.15) is 24.7 Å². The first-order chi connectivity index (χ1) is 15.0. The molecule has 0 saturated heterocycles. The number of nitrogens with zero attached hydrogens (tertiary/aromatic N) is 1. The van der Waals surface area contributed by atoms with Gasteiger partial charge in [0.25, 0.3) is 5.91 Å². The molecular weight excluding hydrogens is 390 g/mol. The van der Waals surface area contributed by atoms with Gasteiger partial charge in [-0.15, -0.1) is 0 Å². The van der Waals surface area contributed by atoms with E-state index in [1.165, 1.54) is 10.5 Å². The van der Waals surface area contributed by atoms with Crippen LogP contribution in [0.4, 0.5) is 0 Å². The number of benzene rings is 2. The largest absolute Gasteiger partial charge is 0.489 e. The molecule has 0 fully saturated rings. The highest BCUT2D eigenvalue weighted by Crippen LogP contribution is 2.18. The predicted octanol–water partition coefficient (Wildman–Crippen LogP) is 3.23. The number of amides is 1. The molecule has 0 saturated carbocycles. The second-order valence-electron chi connectivity index (χ2n) is 7.70. The molecule has 0 radical (unpaired) electrons. The average molecular weight is 423 g/mol. The van der Waals surface area contributed by atoms with Gasteiger partial charge < -0.3 is 19.5 Å². The Hall–Kier alpha value is -3.12. The molecule has 6 heteroatoms. The Morgan fingerprint density at radius 2 is 1.81 bits per heavy atom. The normalized spacial score (nSPS) is 11.0. The van der Waals surface area contributed by atoms with Crippen LogP contribution in [-0.4, -0.2) is 24.2 Å². The zero-order valence-electron chi connectivity index (χ0n) is 18.8. The average Bonchev–Trinajstić information content (AvgIpc) is 3.12. The fraction of sp³-hybridized carbons (Fsp3) is 0.360. The maximum absolute atomic E-state index is 12.8. The maximum Gasteiger partial charge on any atom is 0.251 e. The van der Waals surface area contributed by atoms with Gasteiger partial charge in [-0.05, 0) is 51.5 Å². The summed E-state index contributed by atoms with van der Waals surface area (Å²) in [5.41, 5.74) is 4.75. The molecule has 0 spiro atoms. The number of quaternary nitrogens is 1. The maximum atomic E-state index is 12.8. The summed E-state index contributed by atoms with van der Waals surface area (Å²) in [6.07, 6.45) is 0. The Morgan fingerprint density at radius 3 is 2.48 bits per heavy atom. The number of hydrogen-bond donors (Lipinski definition) is 2. The van der Waals surface area contributed by atoms with Gasteiger partial charge in [-0.25, -0.2) is 0 Å². The summed E-state index contributed by atoms with van der Waals surface area (Å²) >= 11 is 0. The van der Waals surface area contributed by atoms with Crippen molar-refractivity contribution in [1.82, 2.24) is 10.5 Å². The molecule has 1 heterocycles. The van der Waals surface area contributed by atoms with Crippen molar-refractivity contribution in [3.05, 3.63) is 82.2 Å². The van der Waals surface area contributed by atoms with Gasteiger partial charge in [-0.3, -0.25) is 4.79 Å². The standard InChI is InChI=1S/C25H31N3O3/c1-5-28(6-2)16-22-11-8-7-10-21(22)15-26-25(29)20-12-9-13-23(14-20)30-17-24-18(3)27-31-19(24)4/h7-14H,5-6,15-17H2,1-4H3,(H,26,29)/p+1. The molecular formula is C25H32N3O3+. The van der Waals surface area contributed by atoms with Gasteiger partial charge in [0.15, 0.2) is 0 Å². The third-order valence-corrected chi connectivity index (χ3v) is 5.66. The van der Waals surface area contributed by atoms with E-state index in [0.29, 0.717) is 24.5 Å². The molecule has 164 valence electrons. The summed E-state index contributed by atoms with van der Waals surface area (Å²) in [6, 6.07) is 15.5. The van der Waals surface area contributed by atoms with Crippen molar-refractivity contribution in [3.63, 3.8) is 0 Å². The van der Waals surface area contributed by atoms with Crippen molar-refractivity contribution < 1.29 is 19.0 Å². The highest BCUT2D eigenvalue weighted by molar-refractivity contribution is 5.94. The molecule has 0 atom stereocenters. The second kappa shape index (κ2) is 10.8. The number of nitrogens with one attached hydrogen (secondary N) is 2. The van der Waals surface area contributed by atoms with Crippen LogP contribution in [0.5, 0.6) is 5.75 Å². The van der Waals surface area contributed by atoms with Crippen molar-refractivity contribution >= 4 is 5.91 Å². The lowest BCUT2D eigenvalue weighted by molar-refractivity contribution is -0.910. The first-order valence-corrected chi connectivity index (χ1v) is 10.8. The summed E-state index contributed by atoms with van der Waals surface area (Å²) in [5, 5.41) is 6.99. The predicted molar refractivity (Wildman–Crippen MR) is 120 cm³/mol. The van der Waals surface area contributed by atoms with Crippen molar-refractivity contribution in [2.75, 3.05) is 13.1 Å². The van der Waals surface area contributed by atoms with E-state index < -0.39 is 0 Å². The van der Waals surface area contributed by atoms with Gasteiger partial charge in [-0.2, -0.15) is 0 Å². The third-order valence-electron chi connectivity index (χ3n) is 5.66. The highest BCUT2D eigenvalue weighted by atomic mass is 16.5. The Morgan fingerprint density at radius 1 is 1.06 bits per heavy atom. The smallest absolute Gasteiger partial charge is 0.251 e. The lowest BCUT2D eigenvalue weighted by Crippen LogP contribution is -3.10. The number of hydrogen-bond acceptors (Lipinski definition) is 4. The quantitative estimate of drug-likeness (QED) is 0.526. The number of ether oxygens (including phenoxy) is 1. The molecule has 0 unspecified atom stereocenters. The van der Waals surface area contributed by atoms with Gasteiger partial charge in [0.05, 0.1) is 24.3 Å². The molecule has 3 aromatic rings. The summed E-state index contributed by atoms with van der Waals surface area (Å²) in [6.45, 7) is 12.1. The topological polar surface area (TPSA) is 68.8 Å². The van der Waals surface area contributed by atoms with Crippen molar-refractivity contribution in [2.24, 2.45) is 0 Å². The Balaban J connectivity index is 1.62. The fourth-order valence-corrected chi connectivity index (χ4v) is 3.54.